The molecule has 1 aromatic heterocycles. The Kier molecular flexibility index (Phi) is 5.43. The van der Waals surface area contributed by atoms with E-state index in [2.05, 4.69) is 13.8 Å². The molecule has 2 aromatic rings. The summed E-state index contributed by atoms with van der Waals surface area (Å²) in [4.78, 5) is 48.7. The van der Waals surface area contributed by atoms with Gasteiger partial charge in [-0.3, -0.25) is 14.9 Å². The molecule has 1 aromatic carbocycles. The fraction of sp³-hybridized carbons (Fsp3) is 0.421. The molecule has 2 atom stereocenters. The largest absolute Gasteiger partial charge is 0.452 e. The van der Waals surface area contributed by atoms with Crippen LogP contribution in [0.5, 0.6) is 0 Å². The van der Waals surface area contributed by atoms with Gasteiger partial charge in [0.05, 0.1) is 4.92 Å². The molecule has 9 nitrogen and oxygen atoms in total. The van der Waals surface area contributed by atoms with Gasteiger partial charge in [-0.15, -0.1) is 0 Å². The fourth-order valence-corrected chi connectivity index (χ4v) is 3.58. The van der Waals surface area contributed by atoms with Crippen LogP contribution in [-0.4, -0.2) is 41.4 Å². The Morgan fingerprint density at radius 2 is 1.96 bits per heavy atom. The molecule has 0 spiro atoms. The number of esters is 1. The van der Waals surface area contributed by atoms with Gasteiger partial charge in [-0.25, -0.2) is 9.59 Å². The molecule has 0 N–H and O–H groups in total. The first-order valence-electron chi connectivity index (χ1n) is 8.92. The van der Waals surface area contributed by atoms with Crippen molar-refractivity contribution >= 4 is 28.5 Å². The van der Waals surface area contributed by atoms with Gasteiger partial charge in [-0.1, -0.05) is 26.0 Å². The van der Waals surface area contributed by atoms with Gasteiger partial charge < -0.3 is 14.1 Å². The number of amides is 1. The maximum absolute atomic E-state index is 12.3. The molecule has 1 aliphatic heterocycles. The predicted molar refractivity (Wildman–Crippen MR) is 98.9 cm³/mol. The highest BCUT2D eigenvalue weighted by molar-refractivity contribution is 5.95. The first-order valence-corrected chi connectivity index (χ1v) is 8.92. The molecule has 3 rings (SSSR count). The van der Waals surface area contributed by atoms with Crippen molar-refractivity contribution < 1.29 is 23.7 Å². The van der Waals surface area contributed by atoms with Gasteiger partial charge in [0, 0.05) is 24.5 Å². The van der Waals surface area contributed by atoms with Gasteiger partial charge in [0.1, 0.15) is 5.56 Å². The van der Waals surface area contributed by atoms with Crippen molar-refractivity contribution in [3.05, 3.63) is 50.4 Å². The molecular formula is C19H20N2O7. The molecule has 1 saturated heterocycles. The average molecular weight is 388 g/mol. The second-order valence-corrected chi connectivity index (χ2v) is 7.22. The van der Waals surface area contributed by atoms with E-state index in [0.717, 1.165) is 6.42 Å². The zero-order chi connectivity index (χ0) is 20.4. The van der Waals surface area contributed by atoms with Crippen LogP contribution >= 0.6 is 0 Å². The van der Waals surface area contributed by atoms with E-state index in [4.69, 9.17) is 9.15 Å². The second-order valence-electron chi connectivity index (χ2n) is 7.22. The van der Waals surface area contributed by atoms with Gasteiger partial charge in [0.25, 0.3) is 5.91 Å². The van der Waals surface area contributed by atoms with Crippen molar-refractivity contribution in [1.29, 1.82) is 0 Å². The predicted octanol–water partition coefficient (Wildman–Crippen LogP) is 2.36. The molecule has 148 valence electrons. The normalized spacial score (nSPS) is 19.4. The van der Waals surface area contributed by atoms with Crippen LogP contribution in [0.25, 0.3) is 11.0 Å². The summed E-state index contributed by atoms with van der Waals surface area (Å²) in [5.74, 6) is -0.598. The highest BCUT2D eigenvalue weighted by atomic mass is 16.6. The summed E-state index contributed by atoms with van der Waals surface area (Å²) in [5, 5.41) is 11.2. The topological polar surface area (TPSA) is 120 Å². The second kappa shape index (κ2) is 7.79. The van der Waals surface area contributed by atoms with Crippen molar-refractivity contribution in [2.75, 3.05) is 19.7 Å². The van der Waals surface area contributed by atoms with E-state index in [-0.39, 0.29) is 22.6 Å². The smallest absolute Gasteiger partial charge is 0.351 e. The molecule has 2 unspecified atom stereocenters. The van der Waals surface area contributed by atoms with Crippen LogP contribution < -0.4 is 5.63 Å². The van der Waals surface area contributed by atoms with E-state index in [1.807, 2.05) is 0 Å². The number of nitro groups is 1. The lowest BCUT2D eigenvalue weighted by Crippen LogP contribution is -2.44. The van der Waals surface area contributed by atoms with Crippen molar-refractivity contribution in [1.82, 2.24) is 4.90 Å². The standard InChI is InChI=1S/C19H20N2O7/c1-11-6-12(2)9-20(8-11)16(22)10-27-18(23)14-7-13-4-3-5-15(21(25)26)17(13)28-19(14)24/h3-5,7,11-12H,6,8-10H2,1-2H3. The van der Waals surface area contributed by atoms with Crippen LogP contribution in [0.2, 0.25) is 0 Å². The summed E-state index contributed by atoms with van der Waals surface area (Å²) in [6.07, 6.45) is 1.04. The lowest BCUT2D eigenvalue weighted by molar-refractivity contribution is -0.383. The van der Waals surface area contributed by atoms with Crippen LogP contribution in [0.3, 0.4) is 0 Å². The molecule has 9 heteroatoms. The fourth-order valence-electron chi connectivity index (χ4n) is 3.58. The SMILES string of the molecule is CC1CC(C)CN(C(=O)COC(=O)c2cc3cccc([N+](=O)[O-])c3oc2=O)C1. The van der Waals surface area contributed by atoms with Crippen LogP contribution in [0.15, 0.2) is 33.5 Å². The Morgan fingerprint density at radius 1 is 1.29 bits per heavy atom. The minimum absolute atomic E-state index is 0.214. The Morgan fingerprint density at radius 3 is 2.61 bits per heavy atom. The minimum atomic E-state index is -1.06. The molecule has 0 aliphatic carbocycles. The number of nitrogens with zero attached hydrogens (tertiary/aromatic N) is 2. The molecule has 2 heterocycles. The number of piperidine rings is 1. The number of carbonyl (C=O) groups is 2. The van der Waals surface area contributed by atoms with E-state index < -0.39 is 28.7 Å². The number of rotatable bonds is 4. The third-order valence-corrected chi connectivity index (χ3v) is 4.70. The first-order chi connectivity index (χ1) is 13.3. The van der Waals surface area contributed by atoms with Crippen LogP contribution in [0.4, 0.5) is 5.69 Å². The number of non-ortho nitro benzene ring substituents is 1. The molecule has 0 radical (unpaired) electrons. The van der Waals surface area contributed by atoms with E-state index in [1.54, 1.807) is 4.90 Å². The number of hydrogen-bond acceptors (Lipinski definition) is 7. The van der Waals surface area contributed by atoms with Gasteiger partial charge in [-0.2, -0.15) is 0 Å². The van der Waals surface area contributed by atoms with Gasteiger partial charge in [0.15, 0.2) is 6.61 Å². The molecule has 1 fully saturated rings. The summed E-state index contributed by atoms with van der Waals surface area (Å²) in [7, 11) is 0. The Balaban J connectivity index is 1.75. The average Bonchev–Trinajstić information content (AvgIpc) is 2.63. The molecule has 0 saturated carbocycles. The lowest BCUT2D eigenvalue weighted by atomic mass is 9.92. The zero-order valence-corrected chi connectivity index (χ0v) is 15.5. The van der Waals surface area contributed by atoms with Crippen LogP contribution in [0.1, 0.15) is 30.6 Å². The third-order valence-electron chi connectivity index (χ3n) is 4.70. The van der Waals surface area contributed by atoms with Gasteiger partial charge in [0.2, 0.25) is 5.58 Å². The summed E-state index contributed by atoms with van der Waals surface area (Å²) in [5.41, 5.74) is -2.07. The van der Waals surface area contributed by atoms with Crippen LogP contribution in [-0.2, 0) is 9.53 Å². The van der Waals surface area contributed by atoms with Crippen LogP contribution in [0, 0.1) is 22.0 Å². The Hall–Kier alpha value is -3.23. The number of para-hydroxylation sites is 1. The Labute approximate surface area is 160 Å². The third kappa shape index (κ3) is 4.03. The van der Waals surface area contributed by atoms with E-state index in [0.29, 0.717) is 24.9 Å². The maximum atomic E-state index is 12.3. The van der Waals surface area contributed by atoms with Crippen molar-refractivity contribution in [3.63, 3.8) is 0 Å². The molecular weight excluding hydrogens is 368 g/mol. The minimum Gasteiger partial charge on any atom is -0.452 e. The number of benzene rings is 1. The maximum Gasteiger partial charge on any atom is 0.351 e. The van der Waals surface area contributed by atoms with E-state index in [9.17, 15) is 24.5 Å². The number of hydrogen-bond donors (Lipinski definition) is 0. The zero-order valence-electron chi connectivity index (χ0n) is 15.5. The molecule has 1 aliphatic rings. The number of nitro benzene ring substituents is 1. The molecule has 1 amide bonds. The Bertz CT molecular complexity index is 987. The summed E-state index contributed by atoms with van der Waals surface area (Å²) in [6.45, 7) is 4.83. The lowest BCUT2D eigenvalue weighted by Gasteiger charge is -2.34. The quantitative estimate of drug-likeness (QED) is 0.341. The van der Waals surface area contributed by atoms with Crippen molar-refractivity contribution in [3.8, 4) is 0 Å². The van der Waals surface area contributed by atoms with E-state index >= 15 is 0 Å². The molecule has 28 heavy (non-hydrogen) atoms. The highest BCUT2D eigenvalue weighted by Gasteiger charge is 2.27. The van der Waals surface area contributed by atoms with Gasteiger partial charge >= 0.3 is 17.3 Å². The summed E-state index contributed by atoms with van der Waals surface area (Å²) >= 11 is 0. The number of fused-ring (bicyclic) bond motifs is 1. The molecule has 0 bridgehead atoms. The highest BCUT2D eigenvalue weighted by Crippen LogP contribution is 2.25. The van der Waals surface area contributed by atoms with E-state index in [1.165, 1.54) is 24.3 Å². The number of carbonyl (C=O) groups excluding carboxylic acids is 2. The van der Waals surface area contributed by atoms with Crippen molar-refractivity contribution in [2.24, 2.45) is 11.8 Å². The number of likely N-dealkylation sites (tertiary alicyclic amines) is 1. The summed E-state index contributed by atoms with van der Waals surface area (Å²) < 4.78 is 9.96. The summed E-state index contributed by atoms with van der Waals surface area (Å²) in [6, 6.07) is 5.26. The number of ether oxygens (including phenoxy) is 1. The monoisotopic (exact) mass is 388 g/mol. The first kappa shape index (κ1) is 19.5. The van der Waals surface area contributed by atoms with Gasteiger partial charge in [-0.05, 0) is 24.3 Å². The van der Waals surface area contributed by atoms with Crippen molar-refractivity contribution in [2.45, 2.75) is 20.3 Å².